The van der Waals surface area contributed by atoms with Gasteiger partial charge < -0.3 is 14.2 Å². The number of carbonyl (C=O) groups excluding carboxylic acids is 2. The van der Waals surface area contributed by atoms with E-state index in [9.17, 15) is 9.59 Å². The van der Waals surface area contributed by atoms with Crippen LogP contribution in [0.5, 0.6) is 0 Å². The lowest BCUT2D eigenvalue weighted by molar-refractivity contribution is -0.174. The largest absolute Gasteiger partial charge is 0.511 e. The number of unbranched alkanes of at least 4 members (excludes halogenated alkanes) is 2. The van der Waals surface area contributed by atoms with Gasteiger partial charge in [-0.05, 0) is 32.7 Å². The molecular formula is C29H36ClNO5. The first kappa shape index (κ1) is 26.5. The van der Waals surface area contributed by atoms with Gasteiger partial charge in [-0.25, -0.2) is 9.59 Å². The third kappa shape index (κ3) is 5.87. The Hall–Kier alpha value is -2.57. The van der Waals surface area contributed by atoms with E-state index in [0.29, 0.717) is 23.2 Å². The number of rotatable bonds is 10. The molecule has 0 saturated carbocycles. The SMILES string of the molecule is CCCCCN1C2CCC1CC(OC(=O)C(OC(=O)OC(C)Cl)(c1ccccc1)c1ccccc1)C2. The van der Waals surface area contributed by atoms with Crippen molar-refractivity contribution < 1.29 is 23.8 Å². The first-order chi connectivity index (χ1) is 17.4. The van der Waals surface area contributed by atoms with E-state index >= 15 is 0 Å². The standard InChI is InChI=1S/C29H36ClNO5/c1-3-4-11-18-31-24-16-17-25(31)20-26(19-24)35-27(32)29(22-12-7-5-8-13-22,23-14-9-6-10-15-23)36-28(33)34-21(2)30/h5-10,12-15,21,24-26H,3-4,11,16-20H2,1-2H3. The van der Waals surface area contributed by atoms with E-state index in [1.807, 2.05) is 12.1 Å². The summed E-state index contributed by atoms with van der Waals surface area (Å²) in [6, 6.07) is 18.7. The fourth-order valence-electron chi connectivity index (χ4n) is 5.65. The van der Waals surface area contributed by atoms with E-state index in [1.165, 1.54) is 26.2 Å². The normalized spacial score (nSPS) is 22.6. The average Bonchev–Trinajstić information content (AvgIpc) is 3.11. The Bertz CT molecular complexity index is 946. The van der Waals surface area contributed by atoms with Gasteiger partial charge in [0.15, 0.2) is 5.56 Å². The molecule has 2 bridgehead atoms. The molecule has 2 aliphatic rings. The number of esters is 1. The highest BCUT2D eigenvalue weighted by molar-refractivity contribution is 6.19. The van der Waals surface area contributed by atoms with Crippen molar-refractivity contribution in [3.63, 3.8) is 0 Å². The summed E-state index contributed by atoms with van der Waals surface area (Å²) >= 11 is 5.88. The van der Waals surface area contributed by atoms with Gasteiger partial charge in [-0.1, -0.05) is 92.0 Å². The summed E-state index contributed by atoms with van der Waals surface area (Å²) in [6.07, 6.45) is 6.20. The molecule has 7 heteroatoms. The molecule has 0 spiro atoms. The summed E-state index contributed by atoms with van der Waals surface area (Å²) in [5, 5.41) is 0. The van der Waals surface area contributed by atoms with Crippen molar-refractivity contribution in [2.45, 2.75) is 88.1 Å². The highest BCUT2D eigenvalue weighted by atomic mass is 35.5. The van der Waals surface area contributed by atoms with Crippen LogP contribution in [0.25, 0.3) is 0 Å². The maximum Gasteiger partial charge on any atom is 0.511 e. The van der Waals surface area contributed by atoms with Crippen molar-refractivity contribution >= 4 is 23.7 Å². The Morgan fingerprint density at radius 2 is 1.53 bits per heavy atom. The number of ether oxygens (including phenoxy) is 3. The molecule has 2 heterocycles. The maximum absolute atomic E-state index is 14.1. The van der Waals surface area contributed by atoms with Crippen LogP contribution < -0.4 is 0 Å². The monoisotopic (exact) mass is 513 g/mol. The molecule has 0 aromatic heterocycles. The summed E-state index contributed by atoms with van der Waals surface area (Å²) in [4.78, 5) is 29.4. The summed E-state index contributed by atoms with van der Waals surface area (Å²) < 4.78 is 17.1. The number of fused-ring (bicyclic) bond motifs is 2. The number of hydrogen-bond donors (Lipinski definition) is 0. The molecule has 0 N–H and O–H groups in total. The Balaban J connectivity index is 1.61. The van der Waals surface area contributed by atoms with Crippen molar-refractivity contribution in [1.29, 1.82) is 0 Å². The number of nitrogens with zero attached hydrogens (tertiary/aromatic N) is 1. The van der Waals surface area contributed by atoms with Crippen LogP contribution in [0.3, 0.4) is 0 Å². The van der Waals surface area contributed by atoms with Crippen LogP contribution >= 0.6 is 11.6 Å². The molecule has 2 aliphatic heterocycles. The third-order valence-corrected chi connectivity index (χ3v) is 7.37. The molecule has 36 heavy (non-hydrogen) atoms. The number of hydrogen-bond acceptors (Lipinski definition) is 6. The zero-order chi connectivity index (χ0) is 25.5. The van der Waals surface area contributed by atoms with E-state index in [4.69, 9.17) is 25.8 Å². The van der Waals surface area contributed by atoms with E-state index in [0.717, 1.165) is 32.2 Å². The Labute approximate surface area is 218 Å². The topological polar surface area (TPSA) is 65.1 Å². The molecule has 2 saturated heterocycles. The highest BCUT2D eigenvalue weighted by Gasteiger charge is 2.51. The van der Waals surface area contributed by atoms with E-state index < -0.39 is 23.3 Å². The number of halogens is 1. The summed E-state index contributed by atoms with van der Waals surface area (Å²) in [6.45, 7) is 4.84. The molecule has 2 aromatic carbocycles. The van der Waals surface area contributed by atoms with Crippen molar-refractivity contribution in [3.8, 4) is 0 Å². The van der Waals surface area contributed by atoms with Gasteiger partial charge in [0.2, 0.25) is 0 Å². The van der Waals surface area contributed by atoms with Crippen LogP contribution in [0.1, 0.15) is 69.9 Å². The fourth-order valence-corrected chi connectivity index (χ4v) is 5.73. The molecular weight excluding hydrogens is 478 g/mol. The smallest absolute Gasteiger partial charge is 0.459 e. The lowest BCUT2D eigenvalue weighted by Crippen LogP contribution is -2.49. The minimum absolute atomic E-state index is 0.240. The number of benzene rings is 2. The quantitative estimate of drug-likeness (QED) is 0.208. The molecule has 0 radical (unpaired) electrons. The van der Waals surface area contributed by atoms with Crippen LogP contribution in [0, 0.1) is 0 Å². The van der Waals surface area contributed by atoms with Crippen LogP contribution in [-0.2, 0) is 24.6 Å². The van der Waals surface area contributed by atoms with Gasteiger partial charge in [0.1, 0.15) is 6.10 Å². The van der Waals surface area contributed by atoms with Gasteiger partial charge >= 0.3 is 12.1 Å². The van der Waals surface area contributed by atoms with Crippen LogP contribution in [0.2, 0.25) is 0 Å². The summed E-state index contributed by atoms with van der Waals surface area (Å²) in [5.41, 5.74) is -1.76. The number of alkyl halides is 1. The van der Waals surface area contributed by atoms with Crippen LogP contribution in [0.4, 0.5) is 4.79 Å². The second kappa shape index (κ2) is 12.1. The molecule has 0 aliphatic carbocycles. The van der Waals surface area contributed by atoms with Gasteiger partial charge in [0.05, 0.1) is 0 Å². The molecule has 3 atom stereocenters. The van der Waals surface area contributed by atoms with Gasteiger partial charge in [-0.3, -0.25) is 4.90 Å². The second-order valence-electron chi connectivity index (χ2n) is 9.75. The van der Waals surface area contributed by atoms with Gasteiger partial charge in [-0.15, -0.1) is 0 Å². The van der Waals surface area contributed by atoms with Crippen molar-refractivity contribution in [1.82, 2.24) is 4.90 Å². The molecule has 2 aromatic rings. The zero-order valence-corrected chi connectivity index (χ0v) is 21.9. The van der Waals surface area contributed by atoms with E-state index in [-0.39, 0.29) is 6.10 Å². The lowest BCUT2D eigenvalue weighted by atomic mass is 9.85. The minimum atomic E-state index is -1.82. The van der Waals surface area contributed by atoms with Crippen LogP contribution in [0.15, 0.2) is 60.7 Å². The second-order valence-corrected chi connectivity index (χ2v) is 10.4. The highest BCUT2D eigenvalue weighted by Crippen LogP contribution is 2.40. The van der Waals surface area contributed by atoms with Gasteiger partial charge in [-0.2, -0.15) is 0 Å². The Kier molecular flexibility index (Phi) is 8.91. The molecule has 194 valence electrons. The van der Waals surface area contributed by atoms with Gasteiger partial charge in [0.25, 0.3) is 5.60 Å². The Morgan fingerprint density at radius 1 is 0.972 bits per heavy atom. The zero-order valence-electron chi connectivity index (χ0n) is 21.1. The third-order valence-electron chi connectivity index (χ3n) is 7.28. The van der Waals surface area contributed by atoms with Crippen molar-refractivity contribution in [2.24, 2.45) is 0 Å². The van der Waals surface area contributed by atoms with E-state index in [2.05, 4.69) is 11.8 Å². The number of piperidine rings is 1. The first-order valence-corrected chi connectivity index (χ1v) is 13.5. The van der Waals surface area contributed by atoms with Crippen LogP contribution in [-0.4, -0.2) is 47.3 Å². The maximum atomic E-state index is 14.1. The molecule has 0 amide bonds. The van der Waals surface area contributed by atoms with Crippen molar-refractivity contribution in [2.75, 3.05) is 6.54 Å². The fraction of sp³-hybridized carbons (Fsp3) is 0.517. The van der Waals surface area contributed by atoms with Gasteiger partial charge in [0, 0.05) is 36.1 Å². The molecule has 2 fully saturated rings. The Morgan fingerprint density at radius 3 is 2.03 bits per heavy atom. The van der Waals surface area contributed by atoms with Crippen molar-refractivity contribution in [3.05, 3.63) is 71.8 Å². The first-order valence-electron chi connectivity index (χ1n) is 13.1. The summed E-state index contributed by atoms with van der Waals surface area (Å²) in [5.74, 6) is -0.622. The predicted octanol–water partition coefficient (Wildman–Crippen LogP) is 6.40. The van der Waals surface area contributed by atoms with E-state index in [1.54, 1.807) is 48.5 Å². The lowest BCUT2D eigenvalue weighted by Gasteiger charge is -2.40. The molecule has 4 rings (SSSR count). The minimum Gasteiger partial charge on any atom is -0.459 e. The predicted molar refractivity (Wildman–Crippen MR) is 139 cm³/mol. The summed E-state index contributed by atoms with van der Waals surface area (Å²) in [7, 11) is 0. The molecule has 3 unspecified atom stereocenters. The number of carbonyl (C=O) groups is 2. The molecule has 6 nitrogen and oxygen atoms in total. The average molecular weight is 514 g/mol.